The molecule has 0 spiro atoms. The van der Waals surface area contributed by atoms with Gasteiger partial charge in [-0.25, -0.2) is 4.79 Å². The molecular weight excluding hydrogens is 342 g/mol. The van der Waals surface area contributed by atoms with Crippen LogP contribution in [0.4, 0.5) is 0 Å². The molecule has 0 saturated heterocycles. The SMILES string of the molecule is CC[C@H](C)[C@H](N)C(=O)N[C@H](C(=O)N[C@@H](CCC(=O)O)C(=O)O)[C@@H](C)CC. The van der Waals surface area contributed by atoms with Gasteiger partial charge in [0.25, 0.3) is 0 Å². The maximum atomic E-state index is 12.5. The standard InChI is InChI=1S/C17H31N3O6/c1-5-9(3)13(18)15(23)20-14(10(4)6-2)16(24)19-11(17(25)26)7-8-12(21)22/h9-11,13-14H,5-8,18H2,1-4H3,(H,19,24)(H,20,23)(H,21,22)(H,25,26)/t9-,10-,11-,13-,14-/m0/s1. The monoisotopic (exact) mass is 373 g/mol. The van der Waals surface area contributed by atoms with Crippen molar-refractivity contribution in [1.29, 1.82) is 0 Å². The van der Waals surface area contributed by atoms with Crippen LogP contribution in [-0.2, 0) is 19.2 Å². The van der Waals surface area contributed by atoms with Crippen molar-refractivity contribution < 1.29 is 29.4 Å². The Morgan fingerprint density at radius 1 is 0.923 bits per heavy atom. The average Bonchev–Trinajstić information content (AvgIpc) is 2.59. The number of nitrogens with one attached hydrogen (secondary N) is 2. The summed E-state index contributed by atoms with van der Waals surface area (Å²) in [4.78, 5) is 46.7. The quantitative estimate of drug-likeness (QED) is 0.329. The zero-order valence-corrected chi connectivity index (χ0v) is 15.8. The van der Waals surface area contributed by atoms with Gasteiger partial charge in [-0.3, -0.25) is 14.4 Å². The van der Waals surface area contributed by atoms with E-state index in [-0.39, 0.29) is 18.3 Å². The van der Waals surface area contributed by atoms with Crippen LogP contribution in [0.2, 0.25) is 0 Å². The lowest BCUT2D eigenvalue weighted by Crippen LogP contribution is -2.57. The Morgan fingerprint density at radius 3 is 1.88 bits per heavy atom. The molecule has 6 N–H and O–H groups in total. The molecule has 5 atom stereocenters. The maximum absolute atomic E-state index is 12.5. The van der Waals surface area contributed by atoms with E-state index in [0.717, 1.165) is 0 Å². The summed E-state index contributed by atoms with van der Waals surface area (Å²) in [5, 5.41) is 22.8. The van der Waals surface area contributed by atoms with Crippen molar-refractivity contribution in [2.24, 2.45) is 17.6 Å². The van der Waals surface area contributed by atoms with Crippen molar-refractivity contribution in [3.8, 4) is 0 Å². The van der Waals surface area contributed by atoms with Crippen LogP contribution in [0.15, 0.2) is 0 Å². The number of carbonyl (C=O) groups excluding carboxylic acids is 2. The zero-order valence-electron chi connectivity index (χ0n) is 15.8. The molecule has 0 aliphatic heterocycles. The summed E-state index contributed by atoms with van der Waals surface area (Å²) >= 11 is 0. The largest absolute Gasteiger partial charge is 0.481 e. The van der Waals surface area contributed by atoms with Gasteiger partial charge in [0, 0.05) is 6.42 Å². The smallest absolute Gasteiger partial charge is 0.326 e. The third kappa shape index (κ3) is 7.81. The van der Waals surface area contributed by atoms with Gasteiger partial charge in [0.15, 0.2) is 0 Å². The Labute approximate surface area is 153 Å². The second kappa shape index (κ2) is 11.5. The van der Waals surface area contributed by atoms with Gasteiger partial charge in [-0.1, -0.05) is 40.5 Å². The predicted molar refractivity (Wildman–Crippen MR) is 95.3 cm³/mol. The fourth-order valence-corrected chi connectivity index (χ4v) is 2.25. The van der Waals surface area contributed by atoms with Gasteiger partial charge in [-0.2, -0.15) is 0 Å². The van der Waals surface area contributed by atoms with Crippen LogP contribution >= 0.6 is 0 Å². The topological polar surface area (TPSA) is 159 Å². The first-order valence-electron chi connectivity index (χ1n) is 8.85. The van der Waals surface area contributed by atoms with E-state index in [4.69, 9.17) is 10.8 Å². The fourth-order valence-electron chi connectivity index (χ4n) is 2.25. The highest BCUT2D eigenvalue weighted by atomic mass is 16.4. The summed E-state index contributed by atoms with van der Waals surface area (Å²) in [6.45, 7) is 7.32. The third-order valence-corrected chi connectivity index (χ3v) is 4.61. The molecule has 9 heteroatoms. The minimum absolute atomic E-state index is 0.0713. The van der Waals surface area contributed by atoms with Crippen molar-refractivity contribution in [1.82, 2.24) is 10.6 Å². The fraction of sp³-hybridized carbons (Fsp3) is 0.765. The van der Waals surface area contributed by atoms with E-state index >= 15 is 0 Å². The van der Waals surface area contributed by atoms with E-state index in [9.17, 15) is 24.3 Å². The van der Waals surface area contributed by atoms with Gasteiger partial charge < -0.3 is 26.6 Å². The van der Waals surface area contributed by atoms with Gasteiger partial charge in [0.2, 0.25) is 11.8 Å². The number of amides is 2. The van der Waals surface area contributed by atoms with Gasteiger partial charge in [0.1, 0.15) is 12.1 Å². The molecule has 0 fully saturated rings. The van der Waals surface area contributed by atoms with Crippen molar-refractivity contribution in [2.45, 2.75) is 71.5 Å². The summed E-state index contributed by atoms with van der Waals surface area (Å²) in [7, 11) is 0. The molecule has 0 aliphatic carbocycles. The van der Waals surface area contributed by atoms with E-state index in [0.29, 0.717) is 12.8 Å². The first kappa shape index (κ1) is 23.8. The molecule has 0 unspecified atom stereocenters. The second-order valence-corrected chi connectivity index (χ2v) is 6.61. The zero-order chi connectivity index (χ0) is 20.4. The highest BCUT2D eigenvalue weighted by Gasteiger charge is 2.31. The minimum Gasteiger partial charge on any atom is -0.481 e. The van der Waals surface area contributed by atoms with Crippen LogP contribution < -0.4 is 16.4 Å². The van der Waals surface area contributed by atoms with Crippen molar-refractivity contribution in [3.05, 3.63) is 0 Å². The number of carboxylic acid groups (broad SMARTS) is 2. The van der Waals surface area contributed by atoms with Gasteiger partial charge in [-0.15, -0.1) is 0 Å². The molecule has 0 radical (unpaired) electrons. The number of hydrogen-bond donors (Lipinski definition) is 5. The van der Waals surface area contributed by atoms with Gasteiger partial charge in [-0.05, 0) is 18.3 Å². The molecule has 2 amide bonds. The number of rotatable bonds is 12. The molecule has 0 bridgehead atoms. The Balaban J connectivity index is 5.15. The molecule has 9 nitrogen and oxygen atoms in total. The van der Waals surface area contributed by atoms with Crippen LogP contribution in [0.5, 0.6) is 0 Å². The van der Waals surface area contributed by atoms with Crippen molar-refractivity contribution >= 4 is 23.8 Å². The molecule has 0 saturated carbocycles. The van der Waals surface area contributed by atoms with Crippen LogP contribution in [0, 0.1) is 11.8 Å². The maximum Gasteiger partial charge on any atom is 0.326 e. The first-order chi connectivity index (χ1) is 12.0. The van der Waals surface area contributed by atoms with Crippen LogP contribution in [-0.4, -0.2) is 52.1 Å². The highest BCUT2D eigenvalue weighted by Crippen LogP contribution is 2.11. The first-order valence-corrected chi connectivity index (χ1v) is 8.85. The van der Waals surface area contributed by atoms with E-state index in [1.54, 1.807) is 6.92 Å². The number of hydrogen-bond acceptors (Lipinski definition) is 5. The Hall–Kier alpha value is -2.16. The summed E-state index contributed by atoms with van der Waals surface area (Å²) < 4.78 is 0. The summed E-state index contributed by atoms with van der Waals surface area (Å²) in [5.41, 5.74) is 5.89. The van der Waals surface area contributed by atoms with Gasteiger partial charge >= 0.3 is 11.9 Å². The predicted octanol–water partition coefficient (Wildman–Crippen LogP) is 0.325. The highest BCUT2D eigenvalue weighted by molar-refractivity contribution is 5.92. The number of nitrogens with two attached hydrogens (primary N) is 1. The molecule has 0 aromatic heterocycles. The van der Waals surface area contributed by atoms with E-state index in [1.165, 1.54) is 0 Å². The molecular formula is C17H31N3O6. The lowest BCUT2D eigenvalue weighted by atomic mass is 9.95. The Bertz CT molecular complexity index is 511. The van der Waals surface area contributed by atoms with Gasteiger partial charge in [0.05, 0.1) is 6.04 Å². The van der Waals surface area contributed by atoms with E-state index in [2.05, 4.69) is 10.6 Å². The lowest BCUT2D eigenvalue weighted by Gasteiger charge is -2.27. The summed E-state index contributed by atoms with van der Waals surface area (Å²) in [5.74, 6) is -3.95. The van der Waals surface area contributed by atoms with Crippen molar-refractivity contribution in [2.75, 3.05) is 0 Å². The van der Waals surface area contributed by atoms with Crippen LogP contribution in [0.1, 0.15) is 53.4 Å². The van der Waals surface area contributed by atoms with Crippen molar-refractivity contribution in [3.63, 3.8) is 0 Å². The lowest BCUT2D eigenvalue weighted by molar-refractivity contribution is -0.143. The average molecular weight is 373 g/mol. The molecule has 0 aliphatic rings. The molecule has 0 rings (SSSR count). The molecule has 150 valence electrons. The molecule has 0 aromatic carbocycles. The van der Waals surface area contributed by atoms with E-state index < -0.39 is 48.3 Å². The summed E-state index contributed by atoms with van der Waals surface area (Å²) in [6.07, 6.45) is 0.634. The third-order valence-electron chi connectivity index (χ3n) is 4.61. The van der Waals surface area contributed by atoms with E-state index in [1.807, 2.05) is 20.8 Å². The summed E-state index contributed by atoms with van der Waals surface area (Å²) in [6, 6.07) is -3.07. The second-order valence-electron chi connectivity index (χ2n) is 6.61. The number of carboxylic acids is 2. The van der Waals surface area contributed by atoms with Crippen LogP contribution in [0.3, 0.4) is 0 Å². The molecule has 0 aromatic rings. The number of carbonyl (C=O) groups is 4. The Kier molecular flexibility index (Phi) is 10.5. The van der Waals surface area contributed by atoms with Crippen LogP contribution in [0.25, 0.3) is 0 Å². The molecule has 0 heterocycles. The molecule has 26 heavy (non-hydrogen) atoms. The normalized spacial score (nSPS) is 16.7. The number of aliphatic carboxylic acids is 2. The Morgan fingerprint density at radius 2 is 1.46 bits per heavy atom. The minimum atomic E-state index is -1.34.